The van der Waals surface area contributed by atoms with Crippen LogP contribution in [-0.4, -0.2) is 30.9 Å². The first-order valence-electron chi connectivity index (χ1n) is 6.15. The lowest BCUT2D eigenvalue weighted by atomic mass is 10.2. The van der Waals surface area contributed by atoms with Gasteiger partial charge in [0.15, 0.2) is 5.13 Å². The Morgan fingerprint density at radius 1 is 1.32 bits per heavy atom. The fraction of sp³-hybridized carbons (Fsp3) is 0.417. The molecule has 1 aliphatic rings. The van der Waals surface area contributed by atoms with Crippen molar-refractivity contribution in [2.24, 2.45) is 0 Å². The van der Waals surface area contributed by atoms with Gasteiger partial charge >= 0.3 is 0 Å². The van der Waals surface area contributed by atoms with Crippen LogP contribution >= 0.6 is 11.3 Å². The molecular formula is C12H15N3O2S2. The lowest BCUT2D eigenvalue weighted by Gasteiger charge is -2.22. The van der Waals surface area contributed by atoms with E-state index in [0.717, 1.165) is 21.0 Å². The Morgan fingerprint density at radius 3 is 2.79 bits per heavy atom. The smallest absolute Gasteiger partial charge is 0.184 e. The van der Waals surface area contributed by atoms with E-state index in [9.17, 15) is 8.42 Å². The lowest BCUT2D eigenvalue weighted by molar-refractivity contribution is 0.559. The minimum Gasteiger partial charge on any atom is -0.399 e. The third kappa shape index (κ3) is 2.82. The normalized spacial score (nSPS) is 19.6. The first-order chi connectivity index (χ1) is 9.02. The van der Waals surface area contributed by atoms with E-state index in [1.54, 1.807) is 11.3 Å². The largest absolute Gasteiger partial charge is 0.399 e. The SMILES string of the molecule is Nc1ccc2nc(NC3CCS(=O)(=O)CC3)sc2c1. The van der Waals surface area contributed by atoms with Gasteiger partial charge in [-0.25, -0.2) is 13.4 Å². The van der Waals surface area contributed by atoms with Crippen LogP contribution < -0.4 is 11.1 Å². The Hall–Kier alpha value is -1.34. The topological polar surface area (TPSA) is 85.1 Å². The van der Waals surface area contributed by atoms with Gasteiger partial charge in [-0.05, 0) is 31.0 Å². The molecule has 5 nitrogen and oxygen atoms in total. The molecule has 3 N–H and O–H groups in total. The Bertz CT molecular complexity index is 695. The predicted molar refractivity (Wildman–Crippen MR) is 79.3 cm³/mol. The number of fused-ring (bicyclic) bond motifs is 1. The average Bonchev–Trinajstić information content (AvgIpc) is 2.73. The van der Waals surface area contributed by atoms with Crippen molar-refractivity contribution >= 4 is 42.2 Å². The van der Waals surface area contributed by atoms with Gasteiger partial charge in [0.1, 0.15) is 9.84 Å². The summed E-state index contributed by atoms with van der Waals surface area (Å²) in [7, 11) is -2.81. The summed E-state index contributed by atoms with van der Waals surface area (Å²) >= 11 is 1.55. The summed E-state index contributed by atoms with van der Waals surface area (Å²) in [6.45, 7) is 0. The van der Waals surface area contributed by atoms with Crippen LogP contribution in [0.15, 0.2) is 18.2 Å². The molecule has 3 rings (SSSR count). The number of anilines is 2. The number of sulfone groups is 1. The summed E-state index contributed by atoms with van der Waals surface area (Å²) in [5.74, 6) is 0.533. The number of thiazole rings is 1. The van der Waals surface area contributed by atoms with Crippen LogP contribution in [0.3, 0.4) is 0 Å². The molecule has 0 atom stereocenters. The highest BCUT2D eigenvalue weighted by atomic mass is 32.2. The van der Waals surface area contributed by atoms with Crippen molar-refractivity contribution in [3.05, 3.63) is 18.2 Å². The number of nitrogens with two attached hydrogens (primary N) is 1. The first kappa shape index (κ1) is 12.7. The molecule has 1 aliphatic heterocycles. The molecule has 0 bridgehead atoms. The second kappa shape index (κ2) is 4.64. The lowest BCUT2D eigenvalue weighted by Crippen LogP contribution is -2.32. The number of aromatic nitrogens is 1. The number of nitrogen functional groups attached to an aromatic ring is 1. The number of benzene rings is 1. The highest BCUT2D eigenvalue weighted by Gasteiger charge is 2.24. The zero-order valence-electron chi connectivity index (χ0n) is 10.3. The fourth-order valence-electron chi connectivity index (χ4n) is 2.21. The molecule has 1 aromatic heterocycles. The van der Waals surface area contributed by atoms with Crippen LogP contribution in [0.4, 0.5) is 10.8 Å². The maximum Gasteiger partial charge on any atom is 0.184 e. The maximum absolute atomic E-state index is 11.4. The van der Waals surface area contributed by atoms with E-state index >= 15 is 0 Å². The molecule has 1 saturated heterocycles. The maximum atomic E-state index is 11.4. The Labute approximate surface area is 115 Å². The summed E-state index contributed by atoms with van der Waals surface area (Å²) in [6, 6.07) is 5.83. The van der Waals surface area contributed by atoms with Gasteiger partial charge in [0.25, 0.3) is 0 Å². The number of rotatable bonds is 2. The van der Waals surface area contributed by atoms with Gasteiger partial charge in [0.05, 0.1) is 21.7 Å². The highest BCUT2D eigenvalue weighted by molar-refractivity contribution is 7.91. The van der Waals surface area contributed by atoms with Gasteiger partial charge < -0.3 is 11.1 Å². The van der Waals surface area contributed by atoms with Crippen molar-refractivity contribution in [2.45, 2.75) is 18.9 Å². The van der Waals surface area contributed by atoms with Crippen molar-refractivity contribution in [3.8, 4) is 0 Å². The number of hydrogen-bond donors (Lipinski definition) is 2. The van der Waals surface area contributed by atoms with Crippen molar-refractivity contribution in [1.29, 1.82) is 0 Å². The molecule has 0 radical (unpaired) electrons. The Kier molecular flexibility index (Phi) is 3.10. The summed E-state index contributed by atoms with van der Waals surface area (Å²) in [5.41, 5.74) is 7.39. The third-order valence-electron chi connectivity index (χ3n) is 3.29. The summed E-state index contributed by atoms with van der Waals surface area (Å²) in [6.07, 6.45) is 1.31. The number of nitrogens with one attached hydrogen (secondary N) is 1. The summed E-state index contributed by atoms with van der Waals surface area (Å²) < 4.78 is 23.8. The zero-order chi connectivity index (χ0) is 13.5. The molecule has 1 fully saturated rings. The molecule has 1 aromatic carbocycles. The van der Waals surface area contributed by atoms with Crippen LogP contribution in [0.25, 0.3) is 10.2 Å². The highest BCUT2D eigenvalue weighted by Crippen LogP contribution is 2.29. The Morgan fingerprint density at radius 2 is 2.05 bits per heavy atom. The third-order valence-corrected chi connectivity index (χ3v) is 5.96. The molecule has 0 saturated carbocycles. The van der Waals surface area contributed by atoms with Crippen LogP contribution in [0, 0.1) is 0 Å². The van der Waals surface area contributed by atoms with E-state index in [0.29, 0.717) is 12.8 Å². The predicted octanol–water partition coefficient (Wildman–Crippen LogP) is 1.87. The Balaban J connectivity index is 1.75. The van der Waals surface area contributed by atoms with E-state index in [1.165, 1.54) is 0 Å². The minimum absolute atomic E-state index is 0.196. The molecule has 19 heavy (non-hydrogen) atoms. The quantitative estimate of drug-likeness (QED) is 0.827. The molecule has 102 valence electrons. The first-order valence-corrected chi connectivity index (χ1v) is 8.79. The molecule has 0 unspecified atom stereocenters. The van der Waals surface area contributed by atoms with Crippen molar-refractivity contribution in [3.63, 3.8) is 0 Å². The van der Waals surface area contributed by atoms with Gasteiger partial charge in [-0.3, -0.25) is 0 Å². The fourth-order valence-corrected chi connectivity index (χ4v) is 4.69. The standard InChI is InChI=1S/C12H15N3O2S2/c13-8-1-2-10-11(7-8)18-12(15-10)14-9-3-5-19(16,17)6-4-9/h1-2,7,9H,3-6,13H2,(H,14,15). The van der Waals surface area contributed by atoms with E-state index in [2.05, 4.69) is 10.3 Å². The van der Waals surface area contributed by atoms with Crippen LogP contribution in [-0.2, 0) is 9.84 Å². The number of hydrogen-bond acceptors (Lipinski definition) is 6. The van der Waals surface area contributed by atoms with E-state index in [4.69, 9.17) is 5.73 Å². The van der Waals surface area contributed by atoms with Gasteiger partial charge in [0, 0.05) is 11.7 Å². The number of nitrogens with zero attached hydrogens (tertiary/aromatic N) is 1. The van der Waals surface area contributed by atoms with Crippen LogP contribution in [0.5, 0.6) is 0 Å². The van der Waals surface area contributed by atoms with Gasteiger partial charge in [0.2, 0.25) is 0 Å². The summed E-state index contributed by atoms with van der Waals surface area (Å²) in [5, 5.41) is 4.17. The molecular weight excluding hydrogens is 282 g/mol. The van der Waals surface area contributed by atoms with Crippen molar-refractivity contribution in [1.82, 2.24) is 4.98 Å². The van der Waals surface area contributed by atoms with Crippen molar-refractivity contribution in [2.75, 3.05) is 22.6 Å². The molecule has 0 aliphatic carbocycles. The van der Waals surface area contributed by atoms with E-state index in [1.807, 2.05) is 18.2 Å². The van der Waals surface area contributed by atoms with Gasteiger partial charge in [-0.1, -0.05) is 11.3 Å². The molecule has 2 aromatic rings. The molecule has 2 heterocycles. The van der Waals surface area contributed by atoms with E-state index < -0.39 is 9.84 Å². The summed E-state index contributed by atoms with van der Waals surface area (Å²) in [4.78, 5) is 4.49. The average molecular weight is 297 g/mol. The second-order valence-electron chi connectivity index (χ2n) is 4.82. The van der Waals surface area contributed by atoms with Crippen LogP contribution in [0.2, 0.25) is 0 Å². The minimum atomic E-state index is -2.81. The molecule has 7 heteroatoms. The van der Waals surface area contributed by atoms with Crippen LogP contribution in [0.1, 0.15) is 12.8 Å². The van der Waals surface area contributed by atoms with Crippen molar-refractivity contribution < 1.29 is 8.42 Å². The van der Waals surface area contributed by atoms with Gasteiger partial charge in [-0.15, -0.1) is 0 Å². The monoisotopic (exact) mass is 297 g/mol. The zero-order valence-corrected chi connectivity index (χ0v) is 11.9. The van der Waals surface area contributed by atoms with E-state index in [-0.39, 0.29) is 17.5 Å². The molecule has 0 spiro atoms. The second-order valence-corrected chi connectivity index (χ2v) is 8.15. The van der Waals surface area contributed by atoms with Gasteiger partial charge in [-0.2, -0.15) is 0 Å². The molecule has 0 amide bonds.